The van der Waals surface area contributed by atoms with Crippen LogP contribution in [0.25, 0.3) is 0 Å². The zero-order chi connectivity index (χ0) is 24.4. The Hall–Kier alpha value is -1.09. The van der Waals surface area contributed by atoms with E-state index in [1.807, 2.05) is 0 Å². The molecule has 3 nitrogen and oxygen atoms in total. The Bertz CT molecular complexity index is 849. The van der Waals surface area contributed by atoms with Crippen molar-refractivity contribution < 1.29 is 15.0 Å². The van der Waals surface area contributed by atoms with Crippen LogP contribution in [0.2, 0.25) is 0 Å². The number of aliphatic hydroxyl groups is 1. The highest BCUT2D eigenvalue weighted by Gasteiger charge is 2.65. The maximum atomic E-state index is 12.4. The number of fused-ring (bicyclic) bond motifs is 5. The molecule has 3 heteroatoms. The van der Waals surface area contributed by atoms with Gasteiger partial charge >= 0.3 is 5.97 Å². The molecule has 0 spiro atoms. The van der Waals surface area contributed by atoms with Crippen molar-refractivity contribution in [2.45, 2.75) is 112 Å². The number of carboxylic acids is 1. The third-order valence-corrected chi connectivity index (χ3v) is 11.7. The van der Waals surface area contributed by atoms with Gasteiger partial charge in [-0.15, -0.1) is 0 Å². The molecule has 0 aromatic carbocycles. The molecule has 186 valence electrons. The van der Waals surface area contributed by atoms with Crippen LogP contribution in [0.3, 0.4) is 0 Å². The number of rotatable bonds is 5. The zero-order valence-electron chi connectivity index (χ0n) is 22.2. The summed E-state index contributed by atoms with van der Waals surface area (Å²) in [6.45, 7) is 16.2. The molecule has 4 aliphatic rings. The lowest BCUT2D eigenvalue weighted by Crippen LogP contribution is -2.58. The maximum absolute atomic E-state index is 12.4. The zero-order valence-corrected chi connectivity index (χ0v) is 22.2. The van der Waals surface area contributed by atoms with Crippen molar-refractivity contribution in [3.8, 4) is 0 Å². The Morgan fingerprint density at radius 3 is 2.42 bits per heavy atom. The molecule has 0 unspecified atom stereocenters. The second-order valence-corrected chi connectivity index (χ2v) is 13.6. The number of aliphatic hydroxyl groups excluding tert-OH is 1. The topological polar surface area (TPSA) is 57.5 Å². The van der Waals surface area contributed by atoms with Crippen LogP contribution in [0.4, 0.5) is 0 Å². The summed E-state index contributed by atoms with van der Waals surface area (Å²) < 4.78 is 0. The van der Waals surface area contributed by atoms with Crippen molar-refractivity contribution in [2.24, 2.45) is 45.3 Å². The van der Waals surface area contributed by atoms with Crippen LogP contribution in [0.1, 0.15) is 106 Å². The molecule has 8 atom stereocenters. The predicted molar refractivity (Wildman–Crippen MR) is 135 cm³/mol. The fourth-order valence-electron chi connectivity index (χ4n) is 9.43. The van der Waals surface area contributed by atoms with Crippen LogP contribution in [0, 0.1) is 45.3 Å². The summed E-state index contributed by atoms with van der Waals surface area (Å²) in [6, 6.07) is 0. The number of allylic oxidation sites excluding steroid dienone is 4. The first-order chi connectivity index (χ1) is 15.3. The SMILES string of the molecule is CC(C)=CCC[C@@H](C(=O)O)[C@@H]1CC[C@@]2(C)C3=CC[C@H]4C(C)(C)[C@H](O)CC[C@]4(C)[C@H]3CC[C@@]12C. The quantitative estimate of drug-likeness (QED) is 0.424. The van der Waals surface area contributed by atoms with Crippen molar-refractivity contribution in [3.05, 3.63) is 23.3 Å². The van der Waals surface area contributed by atoms with Crippen molar-refractivity contribution in [3.63, 3.8) is 0 Å². The van der Waals surface area contributed by atoms with E-state index in [-0.39, 0.29) is 39.6 Å². The second kappa shape index (κ2) is 8.25. The first kappa shape index (κ1) is 25.0. The summed E-state index contributed by atoms with van der Waals surface area (Å²) in [7, 11) is 0. The van der Waals surface area contributed by atoms with E-state index >= 15 is 0 Å². The summed E-state index contributed by atoms with van der Waals surface area (Å²) >= 11 is 0. The van der Waals surface area contributed by atoms with E-state index in [4.69, 9.17) is 0 Å². The fraction of sp³-hybridized carbons (Fsp3) is 0.833. The summed E-state index contributed by atoms with van der Waals surface area (Å²) in [5, 5.41) is 21.0. The third kappa shape index (κ3) is 3.58. The molecule has 0 radical (unpaired) electrons. The van der Waals surface area contributed by atoms with Crippen LogP contribution >= 0.6 is 0 Å². The molecule has 0 aliphatic heterocycles. The van der Waals surface area contributed by atoms with E-state index in [2.05, 4.69) is 60.6 Å². The average molecular weight is 457 g/mol. The molecule has 4 aliphatic carbocycles. The van der Waals surface area contributed by atoms with Gasteiger partial charge in [-0.25, -0.2) is 0 Å². The normalized spacial score (nSPS) is 44.7. The molecule has 0 amide bonds. The molecule has 2 N–H and O–H groups in total. The van der Waals surface area contributed by atoms with E-state index in [9.17, 15) is 15.0 Å². The fourth-order valence-corrected chi connectivity index (χ4v) is 9.43. The first-order valence-corrected chi connectivity index (χ1v) is 13.5. The van der Waals surface area contributed by atoms with Gasteiger partial charge in [0.05, 0.1) is 12.0 Å². The van der Waals surface area contributed by atoms with E-state index < -0.39 is 5.97 Å². The summed E-state index contributed by atoms with van der Waals surface area (Å²) in [5.41, 5.74) is 3.27. The molecule has 33 heavy (non-hydrogen) atoms. The van der Waals surface area contributed by atoms with Crippen molar-refractivity contribution >= 4 is 5.97 Å². The molecule has 3 fully saturated rings. The number of carboxylic acid groups (broad SMARTS) is 1. The van der Waals surface area contributed by atoms with Gasteiger partial charge in [0, 0.05) is 0 Å². The summed E-state index contributed by atoms with van der Waals surface area (Å²) in [4.78, 5) is 12.4. The van der Waals surface area contributed by atoms with E-state index in [0.29, 0.717) is 11.8 Å². The highest BCUT2D eigenvalue weighted by Crippen LogP contribution is 2.73. The van der Waals surface area contributed by atoms with Gasteiger partial charge in [0.2, 0.25) is 0 Å². The second-order valence-electron chi connectivity index (χ2n) is 13.6. The Morgan fingerprint density at radius 2 is 1.79 bits per heavy atom. The Balaban J connectivity index is 1.67. The van der Waals surface area contributed by atoms with Crippen LogP contribution in [-0.2, 0) is 4.79 Å². The minimum Gasteiger partial charge on any atom is -0.481 e. The molecule has 0 aromatic heterocycles. The Labute approximate surface area is 202 Å². The highest BCUT2D eigenvalue weighted by atomic mass is 16.4. The lowest BCUT2D eigenvalue weighted by Gasteiger charge is -2.64. The Morgan fingerprint density at radius 1 is 1.09 bits per heavy atom. The van der Waals surface area contributed by atoms with Gasteiger partial charge < -0.3 is 10.2 Å². The monoisotopic (exact) mass is 456 g/mol. The standard InChI is InChI=1S/C30H48O3/c1-19(2)9-8-10-20(26(32)33)21-13-17-30(7)23-11-12-24-27(3,4)25(31)15-16-28(24,5)22(23)14-18-29(21,30)6/h9,11,20-22,24-25,31H,8,10,12-18H2,1-7H3,(H,32,33)/t20-,21+,22+,24+,25-,28-,29+,30+/m1/s1. The number of hydrogen-bond donors (Lipinski definition) is 2. The predicted octanol–water partition coefficient (Wildman–Crippen LogP) is 7.40. The molecular weight excluding hydrogens is 408 g/mol. The Kier molecular flexibility index (Phi) is 6.25. The van der Waals surface area contributed by atoms with Crippen molar-refractivity contribution in [2.75, 3.05) is 0 Å². The lowest BCUT2D eigenvalue weighted by atomic mass is 9.41. The van der Waals surface area contributed by atoms with Gasteiger partial charge in [0.15, 0.2) is 0 Å². The molecular formula is C30H48O3. The van der Waals surface area contributed by atoms with Crippen LogP contribution in [-0.4, -0.2) is 22.3 Å². The smallest absolute Gasteiger partial charge is 0.306 e. The van der Waals surface area contributed by atoms with E-state index in [1.54, 1.807) is 5.57 Å². The van der Waals surface area contributed by atoms with Crippen LogP contribution < -0.4 is 0 Å². The third-order valence-electron chi connectivity index (χ3n) is 11.7. The van der Waals surface area contributed by atoms with Gasteiger partial charge in [-0.1, -0.05) is 57.9 Å². The summed E-state index contributed by atoms with van der Waals surface area (Å²) in [5.74, 6) is 0.502. The van der Waals surface area contributed by atoms with Gasteiger partial charge in [-0.3, -0.25) is 4.79 Å². The van der Waals surface area contributed by atoms with Crippen molar-refractivity contribution in [1.82, 2.24) is 0 Å². The highest BCUT2D eigenvalue weighted by molar-refractivity contribution is 5.70. The maximum Gasteiger partial charge on any atom is 0.306 e. The van der Waals surface area contributed by atoms with Crippen molar-refractivity contribution in [1.29, 1.82) is 0 Å². The van der Waals surface area contributed by atoms with E-state index in [1.165, 1.54) is 12.0 Å². The van der Waals surface area contributed by atoms with Gasteiger partial charge in [-0.2, -0.15) is 0 Å². The van der Waals surface area contributed by atoms with Crippen LogP contribution in [0.15, 0.2) is 23.3 Å². The molecule has 0 aromatic rings. The van der Waals surface area contributed by atoms with E-state index in [0.717, 1.165) is 51.4 Å². The average Bonchev–Trinajstić information content (AvgIpc) is 3.00. The largest absolute Gasteiger partial charge is 0.481 e. The number of carbonyl (C=O) groups is 1. The van der Waals surface area contributed by atoms with Gasteiger partial charge in [-0.05, 0) is 111 Å². The lowest BCUT2D eigenvalue weighted by molar-refractivity contribution is -0.149. The molecule has 3 saturated carbocycles. The van der Waals surface area contributed by atoms with Crippen LogP contribution in [0.5, 0.6) is 0 Å². The van der Waals surface area contributed by atoms with Gasteiger partial charge in [0.1, 0.15) is 0 Å². The molecule has 0 heterocycles. The number of hydrogen-bond acceptors (Lipinski definition) is 2. The molecule has 0 saturated heterocycles. The molecule has 0 bridgehead atoms. The first-order valence-electron chi connectivity index (χ1n) is 13.5. The minimum absolute atomic E-state index is 0.0474. The van der Waals surface area contributed by atoms with Gasteiger partial charge in [0.25, 0.3) is 0 Å². The summed E-state index contributed by atoms with van der Waals surface area (Å²) in [6.07, 6.45) is 13.7. The number of aliphatic carboxylic acids is 1. The molecule has 4 rings (SSSR count). The minimum atomic E-state index is -0.595.